The van der Waals surface area contributed by atoms with E-state index in [-0.39, 0.29) is 5.91 Å². The Hall–Kier alpha value is -0.610. The number of methoxy groups -OCH3 is 1. The molecule has 14 heavy (non-hydrogen) atoms. The van der Waals surface area contributed by atoms with Crippen molar-refractivity contribution in [3.05, 3.63) is 0 Å². The topological polar surface area (TPSA) is 55.6 Å². The molecule has 0 aromatic rings. The first-order valence-corrected chi connectivity index (χ1v) is 5.08. The average molecular weight is 202 g/mol. The first-order valence-electron chi connectivity index (χ1n) is 5.08. The minimum absolute atomic E-state index is 0.169. The first kappa shape index (κ1) is 13.4. The summed E-state index contributed by atoms with van der Waals surface area (Å²) >= 11 is 0. The zero-order chi connectivity index (χ0) is 11.0. The van der Waals surface area contributed by atoms with Crippen LogP contribution in [0.4, 0.5) is 0 Å². The highest BCUT2D eigenvalue weighted by Crippen LogP contribution is 2.03. The van der Waals surface area contributed by atoms with Gasteiger partial charge in [-0.1, -0.05) is 13.8 Å². The van der Waals surface area contributed by atoms with Gasteiger partial charge in [-0.3, -0.25) is 4.79 Å². The second-order valence-corrected chi connectivity index (χ2v) is 3.76. The smallest absolute Gasteiger partial charge is 0.222 e. The van der Waals surface area contributed by atoms with Gasteiger partial charge >= 0.3 is 0 Å². The van der Waals surface area contributed by atoms with Crippen molar-refractivity contribution < 1.29 is 9.53 Å². The number of carbonyl (C=O) groups is 1. The van der Waals surface area contributed by atoms with Crippen molar-refractivity contribution in [3.8, 4) is 0 Å². The summed E-state index contributed by atoms with van der Waals surface area (Å²) in [5.74, 6) is 0.563. The summed E-state index contributed by atoms with van der Waals surface area (Å²) in [4.78, 5) is 13.4. The molecule has 0 saturated heterocycles. The molecule has 0 unspecified atom stereocenters. The summed E-state index contributed by atoms with van der Waals surface area (Å²) in [6.45, 7) is 6.41. The highest BCUT2D eigenvalue weighted by Gasteiger charge is 2.13. The molecule has 0 rings (SSSR count). The second kappa shape index (κ2) is 7.76. The van der Waals surface area contributed by atoms with Crippen molar-refractivity contribution in [2.45, 2.75) is 20.3 Å². The van der Waals surface area contributed by atoms with Crippen molar-refractivity contribution in [2.24, 2.45) is 11.7 Å². The molecule has 0 fully saturated rings. The molecular weight excluding hydrogens is 180 g/mol. The van der Waals surface area contributed by atoms with Gasteiger partial charge in [0.25, 0.3) is 0 Å². The maximum Gasteiger partial charge on any atom is 0.222 e. The van der Waals surface area contributed by atoms with Gasteiger partial charge < -0.3 is 15.4 Å². The molecule has 4 heteroatoms. The van der Waals surface area contributed by atoms with E-state index in [2.05, 4.69) is 0 Å². The number of nitrogens with zero attached hydrogens (tertiary/aromatic N) is 1. The molecule has 0 bridgehead atoms. The molecule has 0 aromatic heterocycles. The van der Waals surface area contributed by atoms with Crippen LogP contribution in [-0.4, -0.2) is 44.2 Å². The SMILES string of the molecule is COCCN(CCN)C(=O)CC(C)C. The Morgan fingerprint density at radius 3 is 2.50 bits per heavy atom. The molecule has 0 saturated carbocycles. The first-order chi connectivity index (χ1) is 6.61. The van der Waals surface area contributed by atoms with Gasteiger partial charge in [0.2, 0.25) is 5.91 Å². The molecule has 1 amide bonds. The summed E-state index contributed by atoms with van der Waals surface area (Å²) in [6, 6.07) is 0. The van der Waals surface area contributed by atoms with Crippen molar-refractivity contribution in [1.82, 2.24) is 4.90 Å². The van der Waals surface area contributed by atoms with Gasteiger partial charge in [-0.2, -0.15) is 0 Å². The molecule has 84 valence electrons. The van der Waals surface area contributed by atoms with Crippen LogP contribution in [0.3, 0.4) is 0 Å². The number of carbonyl (C=O) groups excluding carboxylic acids is 1. The quantitative estimate of drug-likeness (QED) is 0.653. The second-order valence-electron chi connectivity index (χ2n) is 3.76. The predicted molar refractivity (Wildman–Crippen MR) is 57.0 cm³/mol. The van der Waals surface area contributed by atoms with Crippen LogP contribution in [0.15, 0.2) is 0 Å². The summed E-state index contributed by atoms with van der Waals surface area (Å²) in [6.07, 6.45) is 0.587. The van der Waals surface area contributed by atoms with Crippen molar-refractivity contribution >= 4 is 5.91 Å². The molecule has 0 spiro atoms. The van der Waals surface area contributed by atoms with Gasteiger partial charge in [0.05, 0.1) is 6.61 Å². The summed E-state index contributed by atoms with van der Waals surface area (Å²) < 4.78 is 4.94. The van der Waals surface area contributed by atoms with Crippen LogP contribution in [0, 0.1) is 5.92 Å². The van der Waals surface area contributed by atoms with Gasteiger partial charge in [-0.15, -0.1) is 0 Å². The number of amides is 1. The summed E-state index contributed by atoms with van der Waals surface area (Å²) in [7, 11) is 1.63. The lowest BCUT2D eigenvalue weighted by atomic mass is 10.1. The summed E-state index contributed by atoms with van der Waals surface area (Å²) in [5, 5.41) is 0. The molecule has 0 aromatic carbocycles. The van der Waals surface area contributed by atoms with E-state index in [1.807, 2.05) is 13.8 Å². The highest BCUT2D eigenvalue weighted by molar-refractivity contribution is 5.76. The molecule has 0 aliphatic carbocycles. The number of hydrogen-bond donors (Lipinski definition) is 1. The van der Waals surface area contributed by atoms with Crippen molar-refractivity contribution in [3.63, 3.8) is 0 Å². The van der Waals surface area contributed by atoms with Crippen LogP contribution >= 0.6 is 0 Å². The standard InChI is InChI=1S/C10H22N2O2/c1-9(2)8-10(13)12(5-4-11)6-7-14-3/h9H,4-8,11H2,1-3H3. The monoisotopic (exact) mass is 202 g/mol. The van der Waals surface area contributed by atoms with E-state index in [4.69, 9.17) is 10.5 Å². The Morgan fingerprint density at radius 1 is 1.43 bits per heavy atom. The van der Waals surface area contributed by atoms with Gasteiger partial charge in [0.1, 0.15) is 0 Å². The average Bonchev–Trinajstić information content (AvgIpc) is 2.10. The summed E-state index contributed by atoms with van der Waals surface area (Å²) in [5.41, 5.74) is 5.44. The number of ether oxygens (including phenoxy) is 1. The minimum Gasteiger partial charge on any atom is -0.383 e. The van der Waals surface area contributed by atoms with Crippen molar-refractivity contribution in [1.29, 1.82) is 0 Å². The Morgan fingerprint density at radius 2 is 2.07 bits per heavy atom. The van der Waals surface area contributed by atoms with E-state index in [1.54, 1.807) is 12.0 Å². The molecule has 0 aliphatic rings. The van der Waals surface area contributed by atoms with Gasteiger partial charge in [-0.05, 0) is 5.92 Å². The lowest BCUT2D eigenvalue weighted by Gasteiger charge is -2.22. The fraction of sp³-hybridized carbons (Fsp3) is 0.900. The molecule has 0 aliphatic heterocycles. The number of hydrogen-bond acceptors (Lipinski definition) is 3. The number of nitrogens with two attached hydrogens (primary N) is 1. The van der Waals surface area contributed by atoms with E-state index in [9.17, 15) is 4.79 Å². The highest BCUT2D eigenvalue weighted by atomic mass is 16.5. The molecule has 2 N–H and O–H groups in total. The molecule has 0 radical (unpaired) electrons. The third-order valence-electron chi connectivity index (χ3n) is 1.90. The van der Waals surface area contributed by atoms with Crippen LogP contribution in [0.2, 0.25) is 0 Å². The van der Waals surface area contributed by atoms with Crippen molar-refractivity contribution in [2.75, 3.05) is 33.4 Å². The van der Waals surface area contributed by atoms with Gasteiger partial charge in [0.15, 0.2) is 0 Å². The van der Waals surface area contributed by atoms with Crippen LogP contribution in [-0.2, 0) is 9.53 Å². The largest absolute Gasteiger partial charge is 0.383 e. The molecule has 0 atom stereocenters. The van der Waals surface area contributed by atoms with E-state index in [1.165, 1.54) is 0 Å². The lowest BCUT2D eigenvalue weighted by Crippen LogP contribution is -2.38. The van der Waals surface area contributed by atoms with Gasteiger partial charge in [-0.25, -0.2) is 0 Å². The zero-order valence-electron chi connectivity index (χ0n) is 9.45. The fourth-order valence-electron chi connectivity index (χ4n) is 1.20. The van der Waals surface area contributed by atoms with Crippen LogP contribution < -0.4 is 5.73 Å². The lowest BCUT2D eigenvalue weighted by molar-refractivity contribution is -0.132. The molecule has 0 heterocycles. The molecular formula is C10H22N2O2. The third kappa shape index (κ3) is 5.94. The zero-order valence-corrected chi connectivity index (χ0v) is 9.45. The van der Waals surface area contributed by atoms with Gasteiger partial charge in [0, 0.05) is 33.2 Å². The van der Waals surface area contributed by atoms with E-state index in [0.717, 1.165) is 0 Å². The minimum atomic E-state index is 0.169. The van der Waals surface area contributed by atoms with E-state index < -0.39 is 0 Å². The Labute approximate surface area is 86.4 Å². The maximum absolute atomic E-state index is 11.7. The van der Waals surface area contributed by atoms with Crippen LogP contribution in [0.5, 0.6) is 0 Å². The van der Waals surface area contributed by atoms with E-state index in [0.29, 0.717) is 38.6 Å². The molecule has 4 nitrogen and oxygen atoms in total. The Kier molecular flexibility index (Phi) is 7.42. The van der Waals surface area contributed by atoms with E-state index >= 15 is 0 Å². The Bertz CT molecular complexity index is 160. The fourth-order valence-corrected chi connectivity index (χ4v) is 1.20. The predicted octanol–water partition coefficient (Wildman–Crippen LogP) is 0.466. The van der Waals surface area contributed by atoms with Crippen LogP contribution in [0.25, 0.3) is 0 Å². The number of rotatable bonds is 7. The normalized spacial score (nSPS) is 10.6. The third-order valence-corrected chi connectivity index (χ3v) is 1.90. The van der Waals surface area contributed by atoms with Crippen LogP contribution in [0.1, 0.15) is 20.3 Å². The maximum atomic E-state index is 11.7. The Balaban J connectivity index is 3.97.